The molecule has 4 rings (SSSR count). The van der Waals surface area contributed by atoms with Crippen LogP contribution in [0.25, 0.3) is 0 Å². The smallest absolute Gasteiger partial charge is 0.354 e. The first-order valence-corrected chi connectivity index (χ1v) is 11.0. The lowest BCUT2D eigenvalue weighted by Gasteiger charge is -2.39. The molecule has 0 saturated carbocycles. The molecule has 3 aliphatic heterocycles. The van der Waals surface area contributed by atoms with Crippen LogP contribution in [-0.2, 0) is 0 Å². The van der Waals surface area contributed by atoms with E-state index in [0.29, 0.717) is 32.1 Å². The third kappa shape index (κ3) is 5.23. The van der Waals surface area contributed by atoms with Crippen molar-refractivity contribution in [2.24, 2.45) is 4.99 Å². The Labute approximate surface area is 182 Å². The minimum Gasteiger partial charge on any atom is -0.354 e. The molecule has 0 aliphatic carbocycles. The van der Waals surface area contributed by atoms with Crippen LogP contribution in [0.3, 0.4) is 0 Å². The van der Waals surface area contributed by atoms with Crippen molar-refractivity contribution in [3.8, 4) is 0 Å². The maximum Gasteiger partial charge on any atom is 0.419 e. The molecular weight excluding hydrogens is 403 g/mol. The fraction of sp³-hybridized carbons (Fsp3) is 0.522. The first-order valence-electron chi connectivity index (χ1n) is 11.0. The highest BCUT2D eigenvalue weighted by molar-refractivity contribution is 6.00. The van der Waals surface area contributed by atoms with Crippen LogP contribution in [0.4, 0.5) is 24.5 Å². The number of piperazine rings is 1. The molecule has 170 valence electrons. The van der Waals surface area contributed by atoms with Crippen LogP contribution < -0.4 is 10.6 Å². The van der Waals surface area contributed by atoms with Crippen molar-refractivity contribution < 1.29 is 13.2 Å². The van der Waals surface area contributed by atoms with Gasteiger partial charge in [-0.25, -0.2) is 4.99 Å². The van der Waals surface area contributed by atoms with E-state index in [0.717, 1.165) is 11.4 Å². The average Bonchev–Trinajstić information content (AvgIpc) is 3.01. The molecule has 1 aromatic carbocycles. The molecule has 1 saturated heterocycles. The van der Waals surface area contributed by atoms with Gasteiger partial charge in [0.05, 0.1) is 16.9 Å². The van der Waals surface area contributed by atoms with Crippen LogP contribution in [0.15, 0.2) is 47.1 Å². The normalized spacial score (nSPS) is 21.3. The predicted octanol–water partition coefficient (Wildman–Crippen LogP) is 5.38. The molecule has 1 atom stereocenters. The monoisotopic (exact) mass is 435 g/mol. The van der Waals surface area contributed by atoms with Crippen molar-refractivity contribution in [3.05, 3.63) is 47.7 Å². The van der Waals surface area contributed by atoms with Gasteiger partial charge in [0, 0.05) is 32.4 Å². The summed E-state index contributed by atoms with van der Waals surface area (Å²) in [5.74, 6) is 0.484. The Kier molecular flexibility index (Phi) is 7.30. The molecule has 0 amide bonds. The van der Waals surface area contributed by atoms with Crippen molar-refractivity contribution in [1.82, 2.24) is 9.80 Å². The highest BCUT2D eigenvalue weighted by atomic mass is 19.4. The topological polar surface area (TPSA) is 42.9 Å². The number of fused-ring (bicyclic) bond motifs is 1. The molecule has 0 aromatic heterocycles. The summed E-state index contributed by atoms with van der Waals surface area (Å²) in [7, 11) is 0. The molecule has 1 unspecified atom stereocenters. The van der Waals surface area contributed by atoms with Gasteiger partial charge in [-0.1, -0.05) is 45.9 Å². The second kappa shape index (κ2) is 9.77. The van der Waals surface area contributed by atoms with Crippen molar-refractivity contribution in [3.63, 3.8) is 0 Å². The van der Waals surface area contributed by atoms with Gasteiger partial charge in [0.25, 0.3) is 0 Å². The van der Waals surface area contributed by atoms with E-state index in [1.165, 1.54) is 17.8 Å². The summed E-state index contributed by atoms with van der Waals surface area (Å²) in [6.07, 6.45) is 0.130. The lowest BCUT2D eigenvalue weighted by Crippen LogP contribution is -2.55. The third-order valence-electron chi connectivity index (χ3n) is 5.58. The maximum atomic E-state index is 13.5. The molecule has 1 aromatic rings. The predicted molar refractivity (Wildman–Crippen MR) is 121 cm³/mol. The minimum absolute atomic E-state index is 0.0306. The second-order valence-corrected chi connectivity index (χ2v) is 7.86. The summed E-state index contributed by atoms with van der Waals surface area (Å²) in [5.41, 5.74) is 2.77. The molecular formula is C23H32F3N5. The van der Waals surface area contributed by atoms with E-state index < -0.39 is 11.7 Å². The third-order valence-corrected chi connectivity index (χ3v) is 5.58. The fourth-order valence-corrected chi connectivity index (χ4v) is 3.90. The van der Waals surface area contributed by atoms with E-state index >= 15 is 0 Å². The Bertz CT molecular complexity index is 849. The van der Waals surface area contributed by atoms with E-state index in [4.69, 9.17) is 0 Å². The van der Waals surface area contributed by atoms with E-state index in [-0.39, 0.29) is 18.5 Å². The first kappa shape index (κ1) is 23.2. The Hall–Kier alpha value is -2.48. The number of halogens is 3. The van der Waals surface area contributed by atoms with Crippen molar-refractivity contribution in [1.29, 1.82) is 0 Å². The second-order valence-electron chi connectivity index (χ2n) is 7.86. The number of rotatable bonds is 2. The Morgan fingerprint density at radius 2 is 1.71 bits per heavy atom. The van der Waals surface area contributed by atoms with Crippen LogP contribution in [0.2, 0.25) is 0 Å². The Balaban J connectivity index is 0.00000132. The van der Waals surface area contributed by atoms with Gasteiger partial charge in [0.1, 0.15) is 5.84 Å². The van der Waals surface area contributed by atoms with Crippen molar-refractivity contribution >= 4 is 17.2 Å². The standard InChI is InChI=1S/C21H26F3N5.C2H6/c1-14(2)15-6-7-17-18(13-15)27-20(26-17)29-11-9-28(10-12-29)19-16(21(22,23)24)5-3-4-8-25-19;1-2/h4-8,13-14,20,26-27H,3,9-12H2,1-2H3;1-2H3. The summed E-state index contributed by atoms with van der Waals surface area (Å²) >= 11 is 0. The summed E-state index contributed by atoms with van der Waals surface area (Å²) in [4.78, 5) is 8.06. The Morgan fingerprint density at radius 1 is 1.03 bits per heavy atom. The largest absolute Gasteiger partial charge is 0.419 e. The van der Waals surface area contributed by atoms with Crippen LogP contribution in [-0.4, -0.2) is 54.3 Å². The number of hydrogen-bond donors (Lipinski definition) is 2. The number of allylic oxidation sites excluding steroid dienone is 2. The molecule has 0 bridgehead atoms. The molecule has 3 aliphatic rings. The van der Waals surface area contributed by atoms with E-state index in [1.807, 2.05) is 13.8 Å². The van der Waals surface area contributed by atoms with Gasteiger partial charge < -0.3 is 15.5 Å². The zero-order valence-corrected chi connectivity index (χ0v) is 18.6. The van der Waals surface area contributed by atoms with Gasteiger partial charge >= 0.3 is 6.18 Å². The van der Waals surface area contributed by atoms with Gasteiger partial charge in [0.15, 0.2) is 6.29 Å². The maximum absolute atomic E-state index is 13.5. The molecule has 0 spiro atoms. The molecule has 8 heteroatoms. The minimum atomic E-state index is -4.40. The number of nitrogens with zero attached hydrogens (tertiary/aromatic N) is 3. The summed E-state index contributed by atoms with van der Waals surface area (Å²) in [5, 5.41) is 6.97. The van der Waals surface area contributed by atoms with Crippen LogP contribution in [0.5, 0.6) is 0 Å². The highest BCUT2D eigenvalue weighted by Crippen LogP contribution is 2.34. The van der Waals surface area contributed by atoms with Crippen LogP contribution in [0, 0.1) is 0 Å². The van der Waals surface area contributed by atoms with E-state index in [2.05, 4.69) is 52.6 Å². The highest BCUT2D eigenvalue weighted by Gasteiger charge is 2.40. The quantitative estimate of drug-likeness (QED) is 0.655. The van der Waals surface area contributed by atoms with Gasteiger partial charge in [0.2, 0.25) is 0 Å². The summed E-state index contributed by atoms with van der Waals surface area (Å²) in [6.45, 7) is 10.6. The number of hydrogen-bond acceptors (Lipinski definition) is 5. The van der Waals surface area contributed by atoms with Gasteiger partial charge in [-0.05, 0) is 30.0 Å². The summed E-state index contributed by atoms with van der Waals surface area (Å²) in [6, 6.07) is 6.37. The molecule has 31 heavy (non-hydrogen) atoms. The van der Waals surface area contributed by atoms with Gasteiger partial charge in [-0.15, -0.1) is 0 Å². The molecule has 1 fully saturated rings. The SMILES string of the molecule is CC.CC(C)c1ccc2c(c1)NC(N1CCN(C3=NC=CCC=C3C(F)(F)F)CC1)N2. The zero-order chi connectivity index (χ0) is 22.6. The van der Waals surface area contributed by atoms with Crippen LogP contribution >= 0.6 is 0 Å². The molecule has 3 heterocycles. The fourth-order valence-electron chi connectivity index (χ4n) is 3.90. The number of nitrogens with one attached hydrogen (secondary N) is 2. The lowest BCUT2D eigenvalue weighted by molar-refractivity contribution is -0.0873. The molecule has 0 radical (unpaired) electrons. The van der Waals surface area contributed by atoms with E-state index in [9.17, 15) is 13.2 Å². The number of benzene rings is 1. The van der Waals surface area contributed by atoms with Gasteiger partial charge in [-0.3, -0.25) is 4.90 Å². The number of anilines is 2. The van der Waals surface area contributed by atoms with Gasteiger partial charge in [-0.2, -0.15) is 13.2 Å². The lowest BCUT2D eigenvalue weighted by atomic mass is 10.0. The van der Waals surface area contributed by atoms with E-state index in [1.54, 1.807) is 11.0 Å². The summed E-state index contributed by atoms with van der Waals surface area (Å²) < 4.78 is 40.4. The number of alkyl halides is 3. The van der Waals surface area contributed by atoms with Crippen LogP contribution in [0.1, 0.15) is 45.6 Å². The molecule has 5 nitrogen and oxygen atoms in total. The Morgan fingerprint density at radius 3 is 2.35 bits per heavy atom. The number of aliphatic imine (C=N–C) groups is 1. The number of amidine groups is 1. The zero-order valence-electron chi connectivity index (χ0n) is 18.6. The molecule has 2 N–H and O–H groups in total. The van der Waals surface area contributed by atoms with Crippen molar-refractivity contribution in [2.75, 3.05) is 36.8 Å². The van der Waals surface area contributed by atoms with Crippen molar-refractivity contribution in [2.45, 2.75) is 52.5 Å². The average molecular weight is 436 g/mol. The first-order chi connectivity index (χ1) is 14.8.